The lowest BCUT2D eigenvalue weighted by Gasteiger charge is -2.24. The van der Waals surface area contributed by atoms with Crippen LogP contribution in [0.4, 0.5) is 0 Å². The van der Waals surface area contributed by atoms with Gasteiger partial charge in [-0.25, -0.2) is 4.98 Å². The van der Waals surface area contributed by atoms with Crippen LogP contribution in [0.15, 0.2) is 84.9 Å². The monoisotopic (exact) mass is 394 g/mol. The van der Waals surface area contributed by atoms with Crippen molar-refractivity contribution in [1.29, 1.82) is 0 Å². The normalized spacial score (nSPS) is 16.6. The van der Waals surface area contributed by atoms with E-state index < -0.39 is 0 Å². The molecule has 1 aromatic heterocycles. The Kier molecular flexibility index (Phi) is 5.20. The summed E-state index contributed by atoms with van der Waals surface area (Å²) in [6.07, 6.45) is 0.982. The molecule has 0 fully saturated rings. The first kappa shape index (κ1) is 18.8. The zero-order chi connectivity index (χ0) is 20.3. The van der Waals surface area contributed by atoms with Crippen LogP contribution in [0.3, 0.4) is 0 Å². The first-order valence-electron chi connectivity index (χ1n) is 10.7. The molecule has 0 aliphatic carbocycles. The number of fused-ring (bicyclic) bond motifs is 2. The van der Waals surface area contributed by atoms with Gasteiger partial charge in [-0.2, -0.15) is 0 Å². The Balaban J connectivity index is 1.55. The zero-order valence-corrected chi connectivity index (χ0v) is 17.3. The van der Waals surface area contributed by atoms with Gasteiger partial charge >= 0.3 is 0 Å². The van der Waals surface area contributed by atoms with Crippen molar-refractivity contribution in [3.8, 4) is 5.88 Å². The molecule has 0 saturated carbocycles. The maximum Gasteiger partial charge on any atom is 0.219 e. The third-order valence-corrected chi connectivity index (χ3v) is 5.82. The Morgan fingerprint density at radius 2 is 1.67 bits per heavy atom. The van der Waals surface area contributed by atoms with Gasteiger partial charge in [0, 0.05) is 30.6 Å². The maximum absolute atomic E-state index is 6.52. The number of hydrogen-bond acceptors (Lipinski definition) is 3. The van der Waals surface area contributed by atoms with Crippen molar-refractivity contribution in [2.75, 3.05) is 6.54 Å². The number of aryl methyl sites for hydroxylation is 1. The molecule has 0 N–H and O–H groups in total. The van der Waals surface area contributed by atoms with Gasteiger partial charge in [-0.3, -0.25) is 4.90 Å². The fourth-order valence-electron chi connectivity index (χ4n) is 4.20. The standard InChI is InChI=1S/C27H26N2O/c1-2-20-13-14-25-23(15-20)16-24-18-29(17-21-9-5-3-6-10-21)19-26(30-27(24)28-25)22-11-7-4-8-12-22/h3-16,26H,2,17-19H2,1H3/t26-/m0/s1. The molecule has 0 radical (unpaired) electrons. The summed E-state index contributed by atoms with van der Waals surface area (Å²) in [5.41, 5.74) is 5.99. The molecule has 1 atom stereocenters. The Labute approximate surface area is 178 Å². The van der Waals surface area contributed by atoms with Gasteiger partial charge in [-0.05, 0) is 41.3 Å². The molecule has 5 rings (SSSR count). The van der Waals surface area contributed by atoms with Crippen molar-refractivity contribution < 1.29 is 4.74 Å². The maximum atomic E-state index is 6.52. The van der Waals surface area contributed by atoms with Crippen LogP contribution in [0, 0.1) is 0 Å². The minimum absolute atomic E-state index is 0.0453. The molecule has 3 nitrogen and oxygen atoms in total. The molecule has 0 spiro atoms. The quantitative estimate of drug-likeness (QED) is 0.429. The average Bonchev–Trinajstić information content (AvgIpc) is 2.97. The Morgan fingerprint density at radius 3 is 2.43 bits per heavy atom. The molecular weight excluding hydrogens is 368 g/mol. The number of ether oxygens (including phenoxy) is 1. The summed E-state index contributed by atoms with van der Waals surface area (Å²) in [6, 6.07) is 29.9. The van der Waals surface area contributed by atoms with Gasteiger partial charge in [0.25, 0.3) is 0 Å². The van der Waals surface area contributed by atoms with Crippen LogP contribution in [0.5, 0.6) is 5.88 Å². The van der Waals surface area contributed by atoms with E-state index in [1.807, 2.05) is 6.07 Å². The molecule has 2 heterocycles. The van der Waals surface area contributed by atoms with Crippen LogP contribution in [-0.4, -0.2) is 16.4 Å². The highest BCUT2D eigenvalue weighted by Crippen LogP contribution is 2.33. The van der Waals surface area contributed by atoms with Gasteiger partial charge in [-0.15, -0.1) is 0 Å². The summed E-state index contributed by atoms with van der Waals surface area (Å²) >= 11 is 0. The topological polar surface area (TPSA) is 25.4 Å². The van der Waals surface area contributed by atoms with E-state index in [1.165, 1.54) is 22.1 Å². The highest BCUT2D eigenvalue weighted by atomic mass is 16.5. The van der Waals surface area contributed by atoms with Gasteiger partial charge in [0.15, 0.2) is 0 Å². The predicted octanol–water partition coefficient (Wildman–Crippen LogP) is 5.93. The first-order chi connectivity index (χ1) is 14.8. The molecular formula is C27H26N2O. The molecule has 0 bridgehead atoms. The van der Waals surface area contributed by atoms with E-state index in [0.29, 0.717) is 0 Å². The van der Waals surface area contributed by atoms with Crippen LogP contribution in [0.2, 0.25) is 0 Å². The van der Waals surface area contributed by atoms with E-state index in [9.17, 15) is 0 Å². The molecule has 150 valence electrons. The summed E-state index contributed by atoms with van der Waals surface area (Å²) in [5, 5.41) is 1.19. The summed E-state index contributed by atoms with van der Waals surface area (Å²) in [7, 11) is 0. The largest absolute Gasteiger partial charge is 0.468 e. The lowest BCUT2D eigenvalue weighted by atomic mass is 10.1. The van der Waals surface area contributed by atoms with E-state index in [2.05, 4.69) is 90.7 Å². The minimum atomic E-state index is -0.0453. The van der Waals surface area contributed by atoms with Crippen molar-refractivity contribution in [1.82, 2.24) is 9.88 Å². The summed E-state index contributed by atoms with van der Waals surface area (Å²) in [4.78, 5) is 7.39. The van der Waals surface area contributed by atoms with Gasteiger partial charge in [0.05, 0.1) is 5.52 Å². The van der Waals surface area contributed by atoms with Gasteiger partial charge in [-0.1, -0.05) is 73.7 Å². The minimum Gasteiger partial charge on any atom is -0.468 e. The van der Waals surface area contributed by atoms with Crippen LogP contribution in [-0.2, 0) is 19.5 Å². The van der Waals surface area contributed by atoms with E-state index in [4.69, 9.17) is 9.72 Å². The third-order valence-electron chi connectivity index (χ3n) is 5.82. The Bertz CT molecular complexity index is 1140. The number of nitrogens with zero attached hydrogens (tertiary/aromatic N) is 2. The smallest absolute Gasteiger partial charge is 0.219 e. The van der Waals surface area contributed by atoms with Crippen LogP contribution >= 0.6 is 0 Å². The van der Waals surface area contributed by atoms with Crippen LogP contribution in [0.25, 0.3) is 10.9 Å². The number of rotatable bonds is 4. The van der Waals surface area contributed by atoms with E-state index in [0.717, 1.165) is 43.0 Å². The number of benzene rings is 3. The molecule has 4 aromatic rings. The van der Waals surface area contributed by atoms with E-state index in [1.54, 1.807) is 0 Å². The van der Waals surface area contributed by atoms with Gasteiger partial charge in [0.1, 0.15) is 6.10 Å². The second kappa shape index (κ2) is 8.29. The fourth-order valence-corrected chi connectivity index (χ4v) is 4.20. The Morgan fingerprint density at radius 1 is 0.900 bits per heavy atom. The third kappa shape index (κ3) is 3.94. The van der Waals surface area contributed by atoms with E-state index in [-0.39, 0.29) is 6.10 Å². The molecule has 0 amide bonds. The molecule has 0 saturated heterocycles. The van der Waals surface area contributed by atoms with Crippen molar-refractivity contribution in [2.24, 2.45) is 0 Å². The highest BCUT2D eigenvalue weighted by Gasteiger charge is 2.25. The van der Waals surface area contributed by atoms with Crippen molar-refractivity contribution in [3.05, 3.63) is 107 Å². The first-order valence-corrected chi connectivity index (χ1v) is 10.7. The predicted molar refractivity (Wildman–Crippen MR) is 121 cm³/mol. The van der Waals surface area contributed by atoms with Crippen molar-refractivity contribution in [3.63, 3.8) is 0 Å². The molecule has 1 aliphatic heterocycles. The number of pyridine rings is 1. The van der Waals surface area contributed by atoms with Gasteiger partial charge in [0.2, 0.25) is 5.88 Å². The summed E-state index contributed by atoms with van der Waals surface area (Å²) in [6.45, 7) is 4.73. The second-order valence-electron chi connectivity index (χ2n) is 8.01. The van der Waals surface area contributed by atoms with Crippen LogP contribution in [0.1, 0.15) is 35.3 Å². The molecule has 0 unspecified atom stereocenters. The summed E-state index contributed by atoms with van der Waals surface area (Å²) in [5.74, 6) is 0.760. The Hall–Kier alpha value is -3.17. The molecule has 1 aliphatic rings. The van der Waals surface area contributed by atoms with Crippen molar-refractivity contribution in [2.45, 2.75) is 32.5 Å². The summed E-state index contributed by atoms with van der Waals surface area (Å²) < 4.78 is 6.52. The fraction of sp³-hybridized carbons (Fsp3) is 0.222. The van der Waals surface area contributed by atoms with Crippen LogP contribution < -0.4 is 4.74 Å². The highest BCUT2D eigenvalue weighted by molar-refractivity contribution is 5.81. The number of aromatic nitrogens is 1. The second-order valence-corrected chi connectivity index (χ2v) is 8.01. The average molecular weight is 395 g/mol. The van der Waals surface area contributed by atoms with Gasteiger partial charge < -0.3 is 4.74 Å². The van der Waals surface area contributed by atoms with E-state index >= 15 is 0 Å². The molecule has 3 heteroatoms. The zero-order valence-electron chi connectivity index (χ0n) is 17.3. The molecule has 30 heavy (non-hydrogen) atoms. The van der Waals surface area contributed by atoms with Crippen molar-refractivity contribution >= 4 is 10.9 Å². The number of hydrogen-bond donors (Lipinski definition) is 0. The SMILES string of the molecule is CCc1ccc2nc3c(cc2c1)CN(Cc1ccccc1)C[C@@H](c1ccccc1)O3. The molecule has 3 aromatic carbocycles. The lowest BCUT2D eigenvalue weighted by molar-refractivity contribution is 0.140. The lowest BCUT2D eigenvalue weighted by Crippen LogP contribution is -2.27.